The summed E-state index contributed by atoms with van der Waals surface area (Å²) in [6, 6.07) is 14.9. The molecule has 0 spiro atoms. The second-order valence-corrected chi connectivity index (χ2v) is 6.62. The zero-order chi connectivity index (χ0) is 14.8. The van der Waals surface area contributed by atoms with E-state index in [1.54, 1.807) is 7.11 Å². The Morgan fingerprint density at radius 3 is 2.76 bits per heavy atom. The van der Waals surface area contributed by atoms with E-state index in [2.05, 4.69) is 48.7 Å². The number of ether oxygens (including phenoxy) is 1. The minimum Gasteiger partial charge on any atom is -0.497 e. The largest absolute Gasteiger partial charge is 0.497 e. The number of methoxy groups -OCH3 is 1. The smallest absolute Gasteiger partial charge is 0.119 e. The van der Waals surface area contributed by atoms with Crippen molar-refractivity contribution in [1.29, 1.82) is 0 Å². The Hall–Kier alpha value is -1.49. The minimum atomic E-state index is 0.133. The molecule has 0 amide bonds. The Kier molecular flexibility index (Phi) is 4.19. The van der Waals surface area contributed by atoms with Gasteiger partial charge in [-0.3, -0.25) is 11.3 Å². The predicted molar refractivity (Wildman–Crippen MR) is 87.6 cm³/mol. The first-order chi connectivity index (χ1) is 10.2. The van der Waals surface area contributed by atoms with Gasteiger partial charge in [0.25, 0.3) is 0 Å². The summed E-state index contributed by atoms with van der Waals surface area (Å²) in [4.78, 5) is 1.37. The van der Waals surface area contributed by atoms with E-state index >= 15 is 0 Å². The molecule has 0 fully saturated rings. The highest BCUT2D eigenvalue weighted by molar-refractivity contribution is 8.00. The molecule has 1 aliphatic heterocycles. The maximum Gasteiger partial charge on any atom is 0.119 e. The average Bonchev–Trinajstić information content (AvgIpc) is 2.93. The fourth-order valence-corrected chi connectivity index (χ4v) is 4.33. The lowest BCUT2D eigenvalue weighted by Crippen LogP contribution is -2.35. The summed E-state index contributed by atoms with van der Waals surface area (Å²) in [6.07, 6.45) is 1.04. The third-order valence-corrected chi connectivity index (χ3v) is 5.43. The van der Waals surface area contributed by atoms with E-state index in [-0.39, 0.29) is 6.04 Å². The quantitative estimate of drug-likeness (QED) is 0.672. The van der Waals surface area contributed by atoms with Crippen LogP contribution in [0.4, 0.5) is 0 Å². The number of hydrogen-bond donors (Lipinski definition) is 2. The van der Waals surface area contributed by atoms with Crippen LogP contribution in [0.25, 0.3) is 0 Å². The maximum absolute atomic E-state index is 5.86. The fraction of sp³-hybridized carbons (Fsp3) is 0.294. The van der Waals surface area contributed by atoms with Gasteiger partial charge in [0, 0.05) is 10.1 Å². The summed E-state index contributed by atoms with van der Waals surface area (Å²) in [6.45, 7) is 2.11. The average molecular weight is 300 g/mol. The van der Waals surface area contributed by atoms with Crippen LogP contribution in [-0.2, 0) is 6.42 Å². The van der Waals surface area contributed by atoms with Crippen LogP contribution >= 0.6 is 11.8 Å². The summed E-state index contributed by atoms with van der Waals surface area (Å²) in [7, 11) is 1.69. The summed E-state index contributed by atoms with van der Waals surface area (Å²) in [5.41, 5.74) is 6.87. The molecular formula is C17H20N2OS. The van der Waals surface area contributed by atoms with Crippen molar-refractivity contribution in [2.24, 2.45) is 5.84 Å². The molecule has 2 aromatic rings. The first kappa shape index (κ1) is 14.4. The van der Waals surface area contributed by atoms with Gasteiger partial charge in [0.05, 0.1) is 13.2 Å². The van der Waals surface area contributed by atoms with Gasteiger partial charge < -0.3 is 4.74 Å². The van der Waals surface area contributed by atoms with E-state index in [4.69, 9.17) is 10.6 Å². The Morgan fingerprint density at radius 1 is 1.29 bits per heavy atom. The third kappa shape index (κ3) is 2.79. The van der Waals surface area contributed by atoms with Crippen molar-refractivity contribution in [2.75, 3.05) is 7.11 Å². The van der Waals surface area contributed by atoms with Gasteiger partial charge >= 0.3 is 0 Å². The molecule has 0 aliphatic carbocycles. The highest BCUT2D eigenvalue weighted by Gasteiger charge is 2.30. The Balaban J connectivity index is 1.87. The van der Waals surface area contributed by atoms with Gasteiger partial charge in [-0.15, -0.1) is 11.8 Å². The molecule has 4 heteroatoms. The van der Waals surface area contributed by atoms with E-state index in [9.17, 15) is 0 Å². The third-order valence-electron chi connectivity index (χ3n) is 4.04. The van der Waals surface area contributed by atoms with Gasteiger partial charge in [0.1, 0.15) is 5.75 Å². The molecule has 110 valence electrons. The van der Waals surface area contributed by atoms with Gasteiger partial charge in [-0.2, -0.15) is 0 Å². The predicted octanol–water partition coefficient (Wildman–Crippen LogP) is 3.23. The minimum absolute atomic E-state index is 0.133. The van der Waals surface area contributed by atoms with E-state index in [1.807, 2.05) is 17.8 Å². The molecule has 1 heterocycles. The van der Waals surface area contributed by atoms with Crippen LogP contribution in [0.1, 0.15) is 22.7 Å². The van der Waals surface area contributed by atoms with Crippen molar-refractivity contribution in [1.82, 2.24) is 5.43 Å². The van der Waals surface area contributed by atoms with Crippen LogP contribution in [0.3, 0.4) is 0 Å². The molecule has 0 aromatic heterocycles. The second kappa shape index (κ2) is 6.10. The number of thioether (sulfide) groups is 1. The zero-order valence-electron chi connectivity index (χ0n) is 12.3. The van der Waals surface area contributed by atoms with Crippen molar-refractivity contribution in [3.8, 4) is 5.75 Å². The molecule has 0 bridgehead atoms. The Bertz CT molecular complexity index is 619. The van der Waals surface area contributed by atoms with E-state index < -0.39 is 0 Å². The van der Waals surface area contributed by atoms with Crippen LogP contribution < -0.4 is 16.0 Å². The lowest BCUT2D eigenvalue weighted by molar-refractivity contribution is 0.413. The number of fused-ring (bicyclic) bond motifs is 1. The molecule has 2 atom stereocenters. The molecule has 0 radical (unpaired) electrons. The summed E-state index contributed by atoms with van der Waals surface area (Å²) in [5.74, 6) is 6.75. The second-order valence-electron chi connectivity index (χ2n) is 5.34. The first-order valence-electron chi connectivity index (χ1n) is 7.08. The number of nitrogens with one attached hydrogen (secondary N) is 1. The molecule has 2 unspecified atom stereocenters. The summed E-state index contributed by atoms with van der Waals surface area (Å²) in [5, 5.41) is 0.416. The summed E-state index contributed by atoms with van der Waals surface area (Å²) < 4.78 is 5.28. The van der Waals surface area contributed by atoms with Crippen molar-refractivity contribution >= 4 is 11.8 Å². The lowest BCUT2D eigenvalue weighted by atomic mass is 9.95. The van der Waals surface area contributed by atoms with Gasteiger partial charge in [0.2, 0.25) is 0 Å². The van der Waals surface area contributed by atoms with Crippen LogP contribution in [0.5, 0.6) is 5.75 Å². The van der Waals surface area contributed by atoms with E-state index in [0.29, 0.717) is 5.25 Å². The van der Waals surface area contributed by atoms with E-state index in [0.717, 1.165) is 12.2 Å². The lowest BCUT2D eigenvalue weighted by Gasteiger charge is -2.24. The van der Waals surface area contributed by atoms with Crippen molar-refractivity contribution in [3.63, 3.8) is 0 Å². The number of benzene rings is 2. The summed E-state index contributed by atoms with van der Waals surface area (Å²) >= 11 is 1.91. The number of hydrogen-bond acceptors (Lipinski definition) is 4. The fourth-order valence-electron chi connectivity index (χ4n) is 2.92. The van der Waals surface area contributed by atoms with Crippen molar-refractivity contribution in [3.05, 3.63) is 59.2 Å². The number of aryl methyl sites for hydroxylation is 1. The molecular weight excluding hydrogens is 280 g/mol. The van der Waals surface area contributed by atoms with Gasteiger partial charge in [-0.05, 0) is 48.2 Å². The number of nitrogens with two attached hydrogens (primary N) is 1. The molecule has 0 saturated carbocycles. The highest BCUT2D eigenvalue weighted by Crippen LogP contribution is 2.43. The van der Waals surface area contributed by atoms with Crippen molar-refractivity contribution < 1.29 is 4.74 Å². The molecule has 3 N–H and O–H groups in total. The van der Waals surface area contributed by atoms with Gasteiger partial charge in [-0.25, -0.2) is 0 Å². The van der Waals surface area contributed by atoms with Crippen LogP contribution in [-0.4, -0.2) is 12.4 Å². The molecule has 3 rings (SSSR count). The molecule has 1 aliphatic rings. The maximum atomic E-state index is 5.86. The van der Waals surface area contributed by atoms with Crippen LogP contribution in [0.15, 0.2) is 47.4 Å². The van der Waals surface area contributed by atoms with Crippen LogP contribution in [0.2, 0.25) is 0 Å². The highest BCUT2D eigenvalue weighted by atomic mass is 32.2. The first-order valence-corrected chi connectivity index (χ1v) is 7.96. The van der Waals surface area contributed by atoms with Crippen LogP contribution in [0, 0.1) is 6.92 Å². The SMILES string of the molecule is COc1ccc(C(NN)C2Cc3ccccc3S2)c(C)c1. The molecule has 21 heavy (non-hydrogen) atoms. The molecule has 0 saturated heterocycles. The number of hydrazine groups is 1. The van der Waals surface area contributed by atoms with Crippen molar-refractivity contribution in [2.45, 2.75) is 29.5 Å². The zero-order valence-corrected chi connectivity index (χ0v) is 13.1. The Labute approximate surface area is 129 Å². The van der Waals surface area contributed by atoms with E-state index in [1.165, 1.54) is 21.6 Å². The Morgan fingerprint density at radius 2 is 2.10 bits per heavy atom. The standard InChI is InChI=1S/C17H20N2OS/c1-11-9-13(20-2)7-8-14(11)17(19-18)16-10-12-5-3-4-6-15(12)21-16/h3-9,16-17,19H,10,18H2,1-2H3. The number of rotatable bonds is 4. The molecule has 3 nitrogen and oxygen atoms in total. The van der Waals surface area contributed by atoms with Gasteiger partial charge in [-0.1, -0.05) is 24.3 Å². The normalized spacial score (nSPS) is 18.3. The van der Waals surface area contributed by atoms with Gasteiger partial charge in [0.15, 0.2) is 0 Å². The monoisotopic (exact) mass is 300 g/mol. The topological polar surface area (TPSA) is 47.3 Å². The molecule has 2 aromatic carbocycles.